The van der Waals surface area contributed by atoms with E-state index in [4.69, 9.17) is 53.7 Å². The van der Waals surface area contributed by atoms with Crippen molar-refractivity contribution in [2.75, 3.05) is 169 Å². The number of nitrogens with two attached hydrogens (primary N) is 1. The minimum Gasteiger partial charge on any atom is -0.399 e. The normalized spacial score (nSPS) is 10.4. The quantitative estimate of drug-likeness (QED) is 0.00847. The average Bonchev–Trinajstić information content (AvgIpc) is 3.48. The number of nitrogens with one attached hydrogen (secondary N) is 8. The van der Waals surface area contributed by atoms with Gasteiger partial charge in [-0.15, -0.1) is 0 Å². The summed E-state index contributed by atoms with van der Waals surface area (Å²) in [7, 11) is 3.79. The number of aliphatic hydroxyl groups excluding tert-OH is 3. The fourth-order valence-electron chi connectivity index (χ4n) is 8.12. The fourth-order valence-corrected chi connectivity index (χ4v) is 8.56. The minimum absolute atomic E-state index is 0. The van der Waals surface area contributed by atoms with Gasteiger partial charge in [-0.1, -0.05) is 57.8 Å². The van der Waals surface area contributed by atoms with E-state index in [1.54, 1.807) is 43.4 Å². The second-order valence-electron chi connectivity index (χ2n) is 19.7. The lowest BCUT2D eigenvalue weighted by Crippen LogP contribution is -2.22. The molecule has 0 bridgehead atoms. The SMILES string of the molecule is C.CCCCNCCCNc1ccc(N)cc1[N+](=O)[O-].CCCN(C)CCCNc1ccc(NC)c([N+](=O)[O-])c1.CCCOCCNc1cc(Cl)cc(NCCOCCO)c1[N+](=O)[O-].O=[N+]([O-])c1c(NCCCCCO)cc(Cl)cc1NCCCCCO. The van der Waals surface area contributed by atoms with Gasteiger partial charge in [-0.3, -0.25) is 40.5 Å². The molecule has 4 rings (SSSR count). The minimum atomic E-state index is -0.456. The summed E-state index contributed by atoms with van der Waals surface area (Å²) in [5.74, 6) is 0. The maximum absolute atomic E-state index is 11.4. The molecule has 13 N–H and O–H groups in total. The molecule has 0 spiro atoms. The molecule has 0 radical (unpaired) electrons. The van der Waals surface area contributed by atoms with E-state index in [2.05, 4.69) is 68.3 Å². The van der Waals surface area contributed by atoms with Gasteiger partial charge in [0, 0.05) is 99.7 Å². The van der Waals surface area contributed by atoms with Crippen LogP contribution in [0.5, 0.6) is 0 Å². The van der Waals surface area contributed by atoms with Crippen molar-refractivity contribution in [2.45, 2.75) is 105 Å². The van der Waals surface area contributed by atoms with Crippen LogP contribution in [0.25, 0.3) is 0 Å². The lowest BCUT2D eigenvalue weighted by atomic mass is 10.2. The second kappa shape index (κ2) is 51.1. The molecule has 0 fully saturated rings. The molecule has 0 aliphatic heterocycles. The Labute approximate surface area is 529 Å². The van der Waals surface area contributed by atoms with E-state index in [0.717, 1.165) is 103 Å². The van der Waals surface area contributed by atoms with Gasteiger partial charge in [0.15, 0.2) is 0 Å². The van der Waals surface area contributed by atoms with Gasteiger partial charge in [0.25, 0.3) is 11.4 Å². The van der Waals surface area contributed by atoms with Crippen LogP contribution in [0, 0.1) is 40.5 Å². The monoisotopic (exact) mass is 1280 g/mol. The zero-order valence-corrected chi connectivity index (χ0v) is 52.8. The first-order valence-corrected chi connectivity index (χ1v) is 30.4. The smallest absolute Gasteiger partial charge is 0.315 e. The molecule has 0 aliphatic carbocycles. The van der Waals surface area contributed by atoms with Crippen molar-refractivity contribution in [1.29, 1.82) is 0 Å². The Bertz CT molecular complexity index is 2400. The Morgan fingerprint density at radius 2 is 0.943 bits per heavy atom. The largest absolute Gasteiger partial charge is 0.399 e. The molecule has 498 valence electrons. The molecule has 27 nitrogen and oxygen atoms in total. The molecular formula is C59H100Cl2N14O13. The highest BCUT2D eigenvalue weighted by Crippen LogP contribution is 2.38. The van der Waals surface area contributed by atoms with Crippen LogP contribution in [-0.2, 0) is 9.47 Å². The summed E-state index contributed by atoms with van der Waals surface area (Å²) in [4.78, 5) is 45.3. The van der Waals surface area contributed by atoms with Gasteiger partial charge in [0.05, 0.1) is 46.1 Å². The topological polar surface area (TPSA) is 377 Å². The fraction of sp³-hybridized carbons (Fsp3) is 0.593. The molecule has 88 heavy (non-hydrogen) atoms. The van der Waals surface area contributed by atoms with Gasteiger partial charge in [0.1, 0.15) is 34.1 Å². The summed E-state index contributed by atoms with van der Waals surface area (Å²) < 4.78 is 10.5. The number of nitrogens with zero attached hydrogens (tertiary/aromatic N) is 5. The molecule has 0 atom stereocenters. The van der Waals surface area contributed by atoms with Crippen molar-refractivity contribution < 1.29 is 44.5 Å². The lowest BCUT2D eigenvalue weighted by molar-refractivity contribution is -0.384. The number of nitro benzene ring substituents is 4. The first kappa shape index (κ1) is 81.2. The van der Waals surface area contributed by atoms with Crippen LogP contribution in [0.2, 0.25) is 10.0 Å². The second-order valence-corrected chi connectivity index (χ2v) is 20.6. The highest BCUT2D eigenvalue weighted by molar-refractivity contribution is 6.31. The number of nitro groups is 4. The van der Waals surface area contributed by atoms with Crippen molar-refractivity contribution in [1.82, 2.24) is 10.2 Å². The van der Waals surface area contributed by atoms with Crippen LogP contribution >= 0.6 is 23.2 Å². The van der Waals surface area contributed by atoms with Gasteiger partial charge in [-0.25, -0.2) is 0 Å². The first-order valence-electron chi connectivity index (χ1n) is 29.7. The Balaban J connectivity index is 0.00000115. The number of benzene rings is 4. The van der Waals surface area contributed by atoms with Crippen LogP contribution in [0.4, 0.5) is 68.2 Å². The molecule has 0 aliphatic rings. The number of anilines is 8. The Morgan fingerprint density at radius 3 is 1.41 bits per heavy atom. The van der Waals surface area contributed by atoms with Crippen molar-refractivity contribution in [3.05, 3.63) is 111 Å². The van der Waals surface area contributed by atoms with Crippen LogP contribution < -0.4 is 48.3 Å². The molecule has 0 unspecified atom stereocenters. The number of hydrogen-bond donors (Lipinski definition) is 12. The number of aliphatic hydroxyl groups is 3. The van der Waals surface area contributed by atoms with Crippen molar-refractivity contribution >= 4 is 91.5 Å². The zero-order chi connectivity index (χ0) is 64.6. The number of nitrogen functional groups attached to an aromatic ring is 1. The van der Waals surface area contributed by atoms with E-state index in [1.165, 1.54) is 31.0 Å². The van der Waals surface area contributed by atoms with Gasteiger partial charge < -0.3 is 78.0 Å². The summed E-state index contributed by atoms with van der Waals surface area (Å²) in [6.07, 6.45) is 11.2. The third-order valence-corrected chi connectivity index (χ3v) is 12.8. The summed E-state index contributed by atoms with van der Waals surface area (Å²) in [5, 5.41) is 96.2. The highest BCUT2D eigenvalue weighted by Gasteiger charge is 2.23. The summed E-state index contributed by atoms with van der Waals surface area (Å²) in [6, 6.07) is 16.0. The molecule has 0 heterocycles. The third-order valence-electron chi connectivity index (χ3n) is 12.4. The molecule has 29 heteroatoms. The number of rotatable bonds is 44. The van der Waals surface area contributed by atoms with E-state index in [-0.39, 0.29) is 61.5 Å². The number of ether oxygens (including phenoxy) is 2. The number of halogens is 2. The number of hydrogen-bond acceptors (Lipinski definition) is 23. The van der Waals surface area contributed by atoms with Crippen molar-refractivity contribution in [2.24, 2.45) is 0 Å². The summed E-state index contributed by atoms with van der Waals surface area (Å²) in [6.45, 7) is 15.8. The summed E-state index contributed by atoms with van der Waals surface area (Å²) >= 11 is 12.1. The Hall–Kier alpha value is -6.82. The van der Waals surface area contributed by atoms with Crippen LogP contribution in [0.1, 0.15) is 105 Å². The van der Waals surface area contributed by atoms with Crippen LogP contribution in [-0.4, -0.2) is 166 Å². The average molecular weight is 1280 g/mol. The maximum atomic E-state index is 11.4. The molecular weight excluding hydrogens is 1180 g/mol. The highest BCUT2D eigenvalue weighted by atomic mass is 35.5. The zero-order valence-electron chi connectivity index (χ0n) is 51.3. The van der Waals surface area contributed by atoms with Crippen LogP contribution in [0.15, 0.2) is 60.7 Å². The number of unbranched alkanes of at least 4 members (excludes halogenated alkanes) is 5. The predicted octanol–water partition coefficient (Wildman–Crippen LogP) is 11.7. The first-order chi connectivity index (χ1) is 41.9. The van der Waals surface area contributed by atoms with E-state index in [0.29, 0.717) is 102 Å². The Morgan fingerprint density at radius 1 is 0.477 bits per heavy atom. The van der Waals surface area contributed by atoms with E-state index < -0.39 is 14.8 Å². The van der Waals surface area contributed by atoms with Gasteiger partial charge >= 0.3 is 11.4 Å². The van der Waals surface area contributed by atoms with Gasteiger partial charge in [0.2, 0.25) is 0 Å². The van der Waals surface area contributed by atoms with E-state index in [9.17, 15) is 40.5 Å². The van der Waals surface area contributed by atoms with E-state index >= 15 is 0 Å². The third kappa shape index (κ3) is 35.9. The van der Waals surface area contributed by atoms with E-state index in [1.807, 2.05) is 13.0 Å². The summed E-state index contributed by atoms with van der Waals surface area (Å²) in [5.41, 5.74) is 9.28. The predicted molar refractivity (Wildman–Crippen MR) is 360 cm³/mol. The molecule has 0 aromatic heterocycles. The Kier molecular flexibility index (Phi) is 47.1. The molecule has 0 amide bonds. The molecule has 0 saturated heterocycles. The molecule has 4 aromatic carbocycles. The molecule has 0 saturated carbocycles. The lowest BCUT2D eigenvalue weighted by Gasteiger charge is -2.15. The maximum Gasteiger partial charge on any atom is 0.315 e. The molecule has 4 aromatic rings. The van der Waals surface area contributed by atoms with Gasteiger partial charge in [-0.05, 0) is 152 Å². The standard InChI is InChI=1S/C16H26ClN3O4.C15H24ClN3O5.C14H24N4O2.C13H22N4O2.CH4/c17-13-11-14(18-7-3-1-5-9-21)16(20(23)24)15(12-13)19-8-4-2-6-10-22;1-2-6-23-7-3-17-13-10-12(16)11-14(15(13)19(21)22)18-4-8-24-9-5-20;1-4-9-17(3)10-5-8-16-12-6-7-13(15-2)14(11-12)18(19)20;1-2-3-7-15-8-4-9-16-12-6-5-11(14)10-13(12)17(18)19;/h11-12,18-19,21-22H,1-10H2;10-11,17-18,20H,2-9H2,1H3;6-7,11,15-16H,4-5,8-10H2,1-3H3;5-6,10,15-16H,2-4,7-9,14H2,1H3;1H4. The van der Waals surface area contributed by atoms with Crippen molar-refractivity contribution in [3.8, 4) is 0 Å². The van der Waals surface area contributed by atoms with Crippen LogP contribution in [0.3, 0.4) is 0 Å². The van der Waals surface area contributed by atoms with Crippen molar-refractivity contribution in [3.63, 3.8) is 0 Å². The van der Waals surface area contributed by atoms with Gasteiger partial charge in [-0.2, -0.15) is 0 Å².